The number of amides is 1. The van der Waals surface area contributed by atoms with Gasteiger partial charge in [-0.25, -0.2) is 4.98 Å². The number of piperidine rings is 1. The number of hydrogen-bond donors (Lipinski definition) is 2. The van der Waals surface area contributed by atoms with E-state index in [1.807, 2.05) is 12.1 Å². The molecule has 0 atom stereocenters. The summed E-state index contributed by atoms with van der Waals surface area (Å²) < 4.78 is 2.44. The monoisotopic (exact) mass is 352 g/mol. The molecule has 1 aliphatic rings. The topological polar surface area (TPSA) is 78.1 Å². The van der Waals surface area contributed by atoms with E-state index < -0.39 is 5.56 Å². The smallest absolute Gasteiger partial charge is 0.277 e. The lowest BCUT2D eigenvalue weighted by Crippen LogP contribution is -2.30. The molecule has 1 saturated heterocycles. The Morgan fingerprint density at radius 1 is 1.35 bits per heavy atom. The minimum Gasteiger partial charge on any atom is -0.357 e. The van der Waals surface area contributed by atoms with Gasteiger partial charge in [-0.15, -0.1) is 0 Å². The van der Waals surface area contributed by atoms with Gasteiger partial charge in [0.2, 0.25) is 0 Å². The maximum atomic E-state index is 12.0. The maximum absolute atomic E-state index is 12.0. The molecule has 122 valence electrons. The number of hydrogen-bond acceptors (Lipinski definition) is 5. The number of carbonyl (C=O) groups is 1. The molecule has 2 N–H and O–H groups in total. The molecule has 2 aromatic rings. The van der Waals surface area contributed by atoms with Crippen molar-refractivity contribution >= 4 is 34.9 Å². The first-order valence-corrected chi connectivity index (χ1v) is 8.69. The lowest BCUT2D eigenvalue weighted by molar-refractivity contribution is 0.0955. The predicted octanol–water partition coefficient (Wildman–Crippen LogP) is 2.41. The molecular weight excluding hydrogens is 336 g/mol. The maximum Gasteiger partial charge on any atom is 0.277 e. The molecule has 0 radical (unpaired) electrons. The number of halogens is 1. The highest BCUT2D eigenvalue weighted by atomic mass is 35.5. The third kappa shape index (κ3) is 3.73. The molecule has 0 spiro atoms. The first-order valence-electron chi connectivity index (χ1n) is 7.50. The van der Waals surface area contributed by atoms with Crippen molar-refractivity contribution in [1.82, 2.24) is 14.7 Å². The van der Waals surface area contributed by atoms with Crippen LogP contribution in [0, 0.1) is 0 Å². The zero-order valence-electron chi connectivity index (χ0n) is 12.5. The number of rotatable bonds is 4. The van der Waals surface area contributed by atoms with Gasteiger partial charge < -0.3 is 10.2 Å². The number of pyridine rings is 1. The van der Waals surface area contributed by atoms with Crippen molar-refractivity contribution in [2.75, 3.05) is 18.0 Å². The number of carbonyl (C=O) groups excluding carboxylic acids is 1. The van der Waals surface area contributed by atoms with Crippen LogP contribution in [0.5, 0.6) is 0 Å². The van der Waals surface area contributed by atoms with E-state index in [0.717, 1.165) is 36.0 Å². The van der Waals surface area contributed by atoms with Gasteiger partial charge in [0.15, 0.2) is 0 Å². The lowest BCUT2D eigenvalue weighted by Gasteiger charge is -2.27. The average molecular weight is 353 g/mol. The third-order valence-corrected chi connectivity index (χ3v) is 5.15. The fourth-order valence-electron chi connectivity index (χ4n) is 2.53. The van der Waals surface area contributed by atoms with Crippen LogP contribution in [-0.2, 0) is 6.54 Å². The second kappa shape index (κ2) is 7.14. The standard InChI is InChI=1S/C15H17ClN4O2S/c16-12-13(23-19-14(12)21)15(22)18-9-10-4-5-11(17-8-10)20-6-2-1-3-7-20/h4-5,8H,1-3,6-7,9H2,(H,18,22)(H,19,21). The van der Waals surface area contributed by atoms with Crippen LogP contribution in [0.3, 0.4) is 0 Å². The van der Waals surface area contributed by atoms with Gasteiger partial charge in [-0.3, -0.25) is 14.0 Å². The van der Waals surface area contributed by atoms with Gasteiger partial charge >= 0.3 is 0 Å². The number of anilines is 1. The first kappa shape index (κ1) is 16.0. The largest absolute Gasteiger partial charge is 0.357 e. The molecule has 2 aromatic heterocycles. The average Bonchev–Trinajstić information content (AvgIpc) is 2.93. The Morgan fingerprint density at radius 3 is 2.74 bits per heavy atom. The zero-order chi connectivity index (χ0) is 16.2. The summed E-state index contributed by atoms with van der Waals surface area (Å²) in [5.41, 5.74) is 0.465. The van der Waals surface area contributed by atoms with Crippen molar-refractivity contribution in [3.05, 3.63) is 44.1 Å². The van der Waals surface area contributed by atoms with E-state index in [-0.39, 0.29) is 15.8 Å². The third-order valence-electron chi connectivity index (χ3n) is 3.79. The van der Waals surface area contributed by atoms with E-state index in [1.54, 1.807) is 6.20 Å². The SMILES string of the molecule is O=C(NCc1ccc(N2CCCCC2)nc1)c1s[nH]c(=O)c1Cl. The minimum atomic E-state index is -0.436. The molecule has 3 heterocycles. The van der Waals surface area contributed by atoms with E-state index >= 15 is 0 Å². The molecule has 0 aliphatic carbocycles. The summed E-state index contributed by atoms with van der Waals surface area (Å²) in [6.07, 6.45) is 5.47. The molecule has 1 amide bonds. The van der Waals surface area contributed by atoms with Gasteiger partial charge in [0.05, 0.1) is 0 Å². The summed E-state index contributed by atoms with van der Waals surface area (Å²) in [7, 11) is 0. The molecule has 3 rings (SSSR count). The zero-order valence-corrected chi connectivity index (χ0v) is 14.0. The van der Waals surface area contributed by atoms with E-state index in [2.05, 4.69) is 19.6 Å². The fraction of sp³-hybridized carbons (Fsp3) is 0.400. The second-order valence-corrected chi connectivity index (χ2v) is 6.63. The van der Waals surface area contributed by atoms with Crippen LogP contribution in [0.2, 0.25) is 5.02 Å². The van der Waals surface area contributed by atoms with Crippen LogP contribution < -0.4 is 15.8 Å². The Bertz CT molecular complexity index is 735. The highest BCUT2D eigenvalue weighted by molar-refractivity contribution is 7.08. The van der Waals surface area contributed by atoms with Gasteiger partial charge in [-0.1, -0.05) is 29.2 Å². The van der Waals surface area contributed by atoms with Crippen LogP contribution in [0.25, 0.3) is 0 Å². The Balaban J connectivity index is 1.59. The van der Waals surface area contributed by atoms with Gasteiger partial charge in [0.1, 0.15) is 15.7 Å². The molecule has 0 saturated carbocycles. The normalized spacial score (nSPS) is 14.7. The summed E-state index contributed by atoms with van der Waals surface area (Å²) in [6.45, 7) is 2.44. The van der Waals surface area contributed by atoms with Gasteiger partial charge in [0, 0.05) is 25.8 Å². The summed E-state index contributed by atoms with van der Waals surface area (Å²) >= 11 is 6.72. The summed E-state index contributed by atoms with van der Waals surface area (Å²) in [5, 5.41) is 2.68. The molecule has 23 heavy (non-hydrogen) atoms. The van der Waals surface area contributed by atoms with Crippen molar-refractivity contribution in [1.29, 1.82) is 0 Å². The number of nitrogens with zero attached hydrogens (tertiary/aromatic N) is 2. The Morgan fingerprint density at radius 2 is 2.13 bits per heavy atom. The van der Waals surface area contributed by atoms with Crippen LogP contribution in [0.4, 0.5) is 5.82 Å². The Hall–Kier alpha value is -1.86. The molecule has 1 aliphatic heterocycles. The summed E-state index contributed by atoms with van der Waals surface area (Å²) in [6, 6.07) is 3.94. The second-order valence-electron chi connectivity index (χ2n) is 5.43. The van der Waals surface area contributed by atoms with Crippen molar-refractivity contribution in [2.24, 2.45) is 0 Å². The van der Waals surface area contributed by atoms with Crippen molar-refractivity contribution in [3.8, 4) is 0 Å². The van der Waals surface area contributed by atoms with E-state index in [4.69, 9.17) is 11.6 Å². The van der Waals surface area contributed by atoms with E-state index in [9.17, 15) is 9.59 Å². The molecule has 0 bridgehead atoms. The molecule has 1 fully saturated rings. The van der Waals surface area contributed by atoms with Crippen LogP contribution in [-0.4, -0.2) is 28.4 Å². The van der Waals surface area contributed by atoms with Crippen molar-refractivity contribution in [3.63, 3.8) is 0 Å². The lowest BCUT2D eigenvalue weighted by atomic mass is 10.1. The number of nitrogens with one attached hydrogen (secondary N) is 2. The summed E-state index contributed by atoms with van der Waals surface area (Å²) in [5.74, 6) is 0.616. The van der Waals surface area contributed by atoms with Crippen LogP contribution >= 0.6 is 23.1 Å². The minimum absolute atomic E-state index is 0.0638. The van der Waals surface area contributed by atoms with Crippen LogP contribution in [0.15, 0.2) is 23.1 Å². The van der Waals surface area contributed by atoms with Crippen molar-refractivity contribution in [2.45, 2.75) is 25.8 Å². The Labute approximate surface area is 142 Å². The van der Waals surface area contributed by atoms with Gasteiger partial charge in [0.25, 0.3) is 11.5 Å². The number of aromatic amines is 1. The number of aromatic nitrogens is 2. The van der Waals surface area contributed by atoms with Crippen molar-refractivity contribution < 1.29 is 4.79 Å². The predicted molar refractivity (Wildman–Crippen MR) is 91.4 cm³/mol. The quantitative estimate of drug-likeness (QED) is 0.885. The van der Waals surface area contributed by atoms with Crippen LogP contribution in [0.1, 0.15) is 34.5 Å². The molecule has 0 aromatic carbocycles. The Kier molecular flexibility index (Phi) is 4.97. The van der Waals surface area contributed by atoms with E-state index in [1.165, 1.54) is 19.3 Å². The highest BCUT2D eigenvalue weighted by Crippen LogP contribution is 2.18. The first-order chi connectivity index (χ1) is 11.1. The molecule has 8 heteroatoms. The molecular formula is C15H17ClN4O2S. The highest BCUT2D eigenvalue weighted by Gasteiger charge is 2.16. The van der Waals surface area contributed by atoms with Gasteiger partial charge in [-0.05, 0) is 30.9 Å². The molecule has 0 unspecified atom stereocenters. The molecule has 6 nitrogen and oxygen atoms in total. The van der Waals surface area contributed by atoms with Gasteiger partial charge in [-0.2, -0.15) is 0 Å². The fourth-order valence-corrected chi connectivity index (χ4v) is 3.48. The van der Waals surface area contributed by atoms with E-state index in [0.29, 0.717) is 6.54 Å². The summed E-state index contributed by atoms with van der Waals surface area (Å²) in [4.78, 5) is 30.2. The number of H-pyrrole nitrogens is 1.